The standard InChI is InChI=1S/C20H29N5O.ClH/c1-3-20(4-2,14-21)19(26)25-12-10-16(11-13-25)18-22-17(23-24-18)15-8-6-5-7-9-15;/h5-9,16H,3-4,10-14,21H2,1-2H3,(H,22,23,24);1H. The molecule has 0 radical (unpaired) electrons. The van der Waals surface area contributed by atoms with Crippen LogP contribution in [0.2, 0.25) is 0 Å². The van der Waals surface area contributed by atoms with E-state index in [4.69, 9.17) is 5.73 Å². The highest BCUT2D eigenvalue weighted by Crippen LogP contribution is 2.32. The molecule has 1 aliphatic rings. The van der Waals surface area contributed by atoms with E-state index in [1.54, 1.807) is 0 Å². The molecule has 6 nitrogen and oxygen atoms in total. The predicted octanol–water partition coefficient (Wildman–Crippen LogP) is 3.36. The van der Waals surface area contributed by atoms with Crippen molar-refractivity contribution < 1.29 is 4.79 Å². The number of benzene rings is 1. The van der Waals surface area contributed by atoms with Gasteiger partial charge in [-0.05, 0) is 25.7 Å². The summed E-state index contributed by atoms with van der Waals surface area (Å²) in [6, 6.07) is 9.98. The summed E-state index contributed by atoms with van der Waals surface area (Å²) in [7, 11) is 0. The molecule has 1 aliphatic heterocycles. The molecular weight excluding hydrogens is 362 g/mol. The van der Waals surface area contributed by atoms with E-state index >= 15 is 0 Å². The van der Waals surface area contributed by atoms with Gasteiger partial charge in [0.1, 0.15) is 5.82 Å². The number of nitrogens with zero attached hydrogens (tertiary/aromatic N) is 3. The van der Waals surface area contributed by atoms with E-state index in [0.717, 1.165) is 56.0 Å². The Kier molecular flexibility index (Phi) is 7.39. The average Bonchev–Trinajstić information content (AvgIpc) is 3.21. The quantitative estimate of drug-likeness (QED) is 0.790. The summed E-state index contributed by atoms with van der Waals surface area (Å²) in [5, 5.41) is 7.46. The first-order valence-corrected chi connectivity index (χ1v) is 9.60. The Bertz CT molecular complexity index is 713. The van der Waals surface area contributed by atoms with Gasteiger partial charge in [0.25, 0.3) is 0 Å². The number of amides is 1. The highest BCUT2D eigenvalue weighted by Gasteiger charge is 2.38. The van der Waals surface area contributed by atoms with Gasteiger partial charge >= 0.3 is 0 Å². The van der Waals surface area contributed by atoms with Crippen LogP contribution in [0.1, 0.15) is 51.3 Å². The van der Waals surface area contributed by atoms with Crippen LogP contribution in [-0.2, 0) is 4.79 Å². The molecular formula is C20H30ClN5O. The van der Waals surface area contributed by atoms with Crippen molar-refractivity contribution in [2.45, 2.75) is 45.4 Å². The van der Waals surface area contributed by atoms with E-state index in [9.17, 15) is 4.79 Å². The van der Waals surface area contributed by atoms with Gasteiger partial charge in [-0.2, -0.15) is 5.10 Å². The Labute approximate surface area is 167 Å². The number of piperidine rings is 1. The number of halogens is 1. The van der Waals surface area contributed by atoms with Gasteiger partial charge in [-0.15, -0.1) is 12.4 Å². The normalized spacial score (nSPS) is 15.4. The molecule has 3 N–H and O–H groups in total. The highest BCUT2D eigenvalue weighted by molar-refractivity contribution is 5.85. The third-order valence-electron chi connectivity index (χ3n) is 5.90. The van der Waals surface area contributed by atoms with Crippen LogP contribution in [0.15, 0.2) is 30.3 Å². The molecule has 1 saturated heterocycles. The largest absolute Gasteiger partial charge is 0.342 e. The van der Waals surface area contributed by atoms with Gasteiger partial charge in [0.15, 0.2) is 5.82 Å². The molecule has 0 saturated carbocycles. The van der Waals surface area contributed by atoms with Crippen LogP contribution in [0.3, 0.4) is 0 Å². The van der Waals surface area contributed by atoms with Crippen LogP contribution in [0.4, 0.5) is 0 Å². The van der Waals surface area contributed by atoms with Crippen molar-refractivity contribution in [3.8, 4) is 11.4 Å². The number of likely N-dealkylation sites (tertiary alicyclic amines) is 1. The SMILES string of the molecule is CCC(CC)(CN)C(=O)N1CCC(c2nc(-c3ccccc3)n[nH]2)CC1.Cl. The Balaban J connectivity index is 0.00000261. The first-order valence-electron chi connectivity index (χ1n) is 9.60. The molecule has 0 atom stereocenters. The minimum absolute atomic E-state index is 0. The maximum Gasteiger partial charge on any atom is 0.230 e. The van der Waals surface area contributed by atoms with Crippen LogP contribution >= 0.6 is 12.4 Å². The van der Waals surface area contributed by atoms with Gasteiger partial charge in [-0.3, -0.25) is 9.89 Å². The maximum atomic E-state index is 13.0. The third kappa shape index (κ3) is 4.33. The Hall–Kier alpha value is -1.92. The average molecular weight is 392 g/mol. The summed E-state index contributed by atoms with van der Waals surface area (Å²) in [4.78, 5) is 19.6. The molecule has 7 heteroatoms. The first kappa shape index (κ1) is 21.4. The van der Waals surface area contributed by atoms with Crippen molar-refractivity contribution in [2.75, 3.05) is 19.6 Å². The summed E-state index contributed by atoms with van der Waals surface area (Å²) >= 11 is 0. The lowest BCUT2D eigenvalue weighted by atomic mass is 9.80. The maximum absolute atomic E-state index is 13.0. The summed E-state index contributed by atoms with van der Waals surface area (Å²) in [6.45, 7) is 6.04. The second kappa shape index (κ2) is 9.33. The molecule has 3 rings (SSSR count). The van der Waals surface area contributed by atoms with Crippen molar-refractivity contribution in [3.05, 3.63) is 36.2 Å². The van der Waals surface area contributed by atoms with Crippen molar-refractivity contribution >= 4 is 18.3 Å². The minimum Gasteiger partial charge on any atom is -0.342 e. The minimum atomic E-state index is -0.403. The van der Waals surface area contributed by atoms with Gasteiger partial charge in [0.2, 0.25) is 5.91 Å². The molecule has 2 heterocycles. The summed E-state index contributed by atoms with van der Waals surface area (Å²) < 4.78 is 0. The number of hydrogen-bond donors (Lipinski definition) is 2. The molecule has 0 bridgehead atoms. The molecule has 27 heavy (non-hydrogen) atoms. The van der Waals surface area contributed by atoms with Crippen molar-refractivity contribution in [3.63, 3.8) is 0 Å². The number of hydrogen-bond acceptors (Lipinski definition) is 4. The number of nitrogens with two attached hydrogens (primary N) is 1. The highest BCUT2D eigenvalue weighted by atomic mass is 35.5. The van der Waals surface area contributed by atoms with Crippen molar-refractivity contribution in [2.24, 2.45) is 11.1 Å². The van der Waals surface area contributed by atoms with E-state index in [1.165, 1.54) is 0 Å². The van der Waals surface area contributed by atoms with Crippen LogP contribution < -0.4 is 5.73 Å². The Morgan fingerprint density at radius 3 is 2.41 bits per heavy atom. The van der Waals surface area contributed by atoms with Crippen LogP contribution in [-0.4, -0.2) is 45.6 Å². The number of nitrogens with one attached hydrogen (secondary N) is 1. The van der Waals surface area contributed by atoms with Gasteiger partial charge in [-0.25, -0.2) is 4.98 Å². The number of carbonyl (C=O) groups is 1. The fourth-order valence-corrected chi connectivity index (χ4v) is 3.79. The molecule has 0 spiro atoms. The molecule has 2 aromatic rings. The lowest BCUT2D eigenvalue weighted by Gasteiger charge is -2.38. The van der Waals surface area contributed by atoms with Gasteiger partial charge in [-0.1, -0.05) is 44.2 Å². The number of H-pyrrole nitrogens is 1. The van der Waals surface area contributed by atoms with E-state index < -0.39 is 5.41 Å². The number of carbonyl (C=O) groups excluding carboxylic acids is 1. The smallest absolute Gasteiger partial charge is 0.230 e. The third-order valence-corrected chi connectivity index (χ3v) is 5.90. The number of aromatic amines is 1. The van der Waals surface area contributed by atoms with E-state index in [0.29, 0.717) is 12.5 Å². The number of rotatable bonds is 6. The Morgan fingerprint density at radius 1 is 1.22 bits per heavy atom. The van der Waals surface area contributed by atoms with Crippen molar-refractivity contribution in [1.29, 1.82) is 0 Å². The number of aromatic nitrogens is 3. The predicted molar refractivity (Wildman–Crippen MR) is 110 cm³/mol. The summed E-state index contributed by atoms with van der Waals surface area (Å²) in [5.41, 5.74) is 6.55. The van der Waals surface area contributed by atoms with Crippen LogP contribution in [0.5, 0.6) is 0 Å². The fraction of sp³-hybridized carbons (Fsp3) is 0.550. The summed E-state index contributed by atoms with van der Waals surface area (Å²) in [6.07, 6.45) is 3.40. The Morgan fingerprint density at radius 2 is 1.85 bits per heavy atom. The lowest BCUT2D eigenvalue weighted by molar-refractivity contribution is -0.143. The molecule has 0 unspecified atom stereocenters. The van der Waals surface area contributed by atoms with Gasteiger partial charge in [0.05, 0.1) is 5.41 Å². The van der Waals surface area contributed by atoms with E-state index in [-0.39, 0.29) is 18.3 Å². The van der Waals surface area contributed by atoms with Gasteiger partial charge < -0.3 is 10.6 Å². The topological polar surface area (TPSA) is 87.9 Å². The fourth-order valence-electron chi connectivity index (χ4n) is 3.79. The van der Waals surface area contributed by atoms with Gasteiger partial charge in [0, 0.05) is 31.1 Å². The van der Waals surface area contributed by atoms with E-state index in [1.807, 2.05) is 35.2 Å². The van der Waals surface area contributed by atoms with Crippen LogP contribution in [0.25, 0.3) is 11.4 Å². The molecule has 1 aromatic carbocycles. The zero-order valence-electron chi connectivity index (χ0n) is 16.1. The second-order valence-electron chi connectivity index (χ2n) is 7.17. The zero-order valence-corrected chi connectivity index (χ0v) is 17.0. The molecule has 0 aliphatic carbocycles. The molecule has 1 aromatic heterocycles. The molecule has 1 amide bonds. The first-order chi connectivity index (χ1) is 12.6. The second-order valence-corrected chi connectivity index (χ2v) is 7.17. The summed E-state index contributed by atoms with van der Waals surface area (Å²) in [5.74, 6) is 2.19. The molecule has 148 valence electrons. The monoisotopic (exact) mass is 391 g/mol. The lowest BCUT2D eigenvalue weighted by Crippen LogP contribution is -2.50. The van der Waals surface area contributed by atoms with Crippen LogP contribution in [0, 0.1) is 5.41 Å². The van der Waals surface area contributed by atoms with E-state index in [2.05, 4.69) is 29.0 Å². The molecule has 1 fully saturated rings. The zero-order chi connectivity index (χ0) is 18.6. The van der Waals surface area contributed by atoms with Crippen molar-refractivity contribution in [1.82, 2.24) is 20.1 Å².